The highest BCUT2D eigenvalue weighted by Crippen LogP contribution is 2.04. The molecule has 1 heterocycles. The summed E-state index contributed by atoms with van der Waals surface area (Å²) in [6, 6.07) is 3.61. The summed E-state index contributed by atoms with van der Waals surface area (Å²) in [4.78, 5) is 13.6. The van der Waals surface area contributed by atoms with Crippen LogP contribution >= 0.6 is 0 Å². The predicted molar refractivity (Wildman–Crippen MR) is 57.0 cm³/mol. The van der Waals surface area contributed by atoms with Gasteiger partial charge < -0.3 is 9.15 Å². The molecule has 0 spiro atoms. The third-order valence-electron chi connectivity index (χ3n) is 2.35. The average Bonchev–Trinajstić information content (AvgIpc) is 2.70. The highest BCUT2D eigenvalue weighted by atomic mass is 16.5. The van der Waals surface area contributed by atoms with E-state index in [0.29, 0.717) is 18.9 Å². The third kappa shape index (κ3) is 3.49. The van der Waals surface area contributed by atoms with Crippen LogP contribution in [0.4, 0.5) is 0 Å². The molecular weight excluding hydrogens is 194 g/mol. The van der Waals surface area contributed by atoms with Gasteiger partial charge in [0.2, 0.25) is 5.78 Å². The second kappa shape index (κ2) is 5.68. The molecular formula is C11H17NO3. The van der Waals surface area contributed by atoms with Gasteiger partial charge >= 0.3 is 0 Å². The van der Waals surface area contributed by atoms with Crippen LogP contribution in [0.2, 0.25) is 0 Å². The van der Waals surface area contributed by atoms with Crippen molar-refractivity contribution in [3.63, 3.8) is 0 Å². The standard InChI is InChI=1S/C11H17NO3/c1-9(8-14-3)12(2)7-10(13)11-5-4-6-15-11/h4-6,9H,7-8H2,1-3H3. The smallest absolute Gasteiger partial charge is 0.211 e. The first-order valence-corrected chi connectivity index (χ1v) is 4.91. The number of carbonyl (C=O) groups excluding carboxylic acids is 1. The van der Waals surface area contributed by atoms with E-state index in [-0.39, 0.29) is 11.8 Å². The van der Waals surface area contributed by atoms with Crippen LogP contribution in [0.3, 0.4) is 0 Å². The van der Waals surface area contributed by atoms with Crippen molar-refractivity contribution in [1.82, 2.24) is 4.90 Å². The number of ketones is 1. The van der Waals surface area contributed by atoms with Crippen LogP contribution in [0.1, 0.15) is 17.5 Å². The maximum atomic E-state index is 11.6. The summed E-state index contributed by atoms with van der Waals surface area (Å²) in [6.07, 6.45) is 1.51. The minimum absolute atomic E-state index is 0.00884. The van der Waals surface area contributed by atoms with Gasteiger partial charge in [0.15, 0.2) is 5.76 Å². The largest absolute Gasteiger partial charge is 0.461 e. The van der Waals surface area contributed by atoms with Gasteiger partial charge in [0.05, 0.1) is 19.4 Å². The molecule has 0 saturated carbocycles. The third-order valence-corrected chi connectivity index (χ3v) is 2.35. The van der Waals surface area contributed by atoms with Gasteiger partial charge in [0.1, 0.15) is 0 Å². The second-order valence-corrected chi connectivity index (χ2v) is 3.62. The van der Waals surface area contributed by atoms with E-state index in [1.54, 1.807) is 19.2 Å². The zero-order valence-corrected chi connectivity index (χ0v) is 9.40. The van der Waals surface area contributed by atoms with Gasteiger partial charge in [-0.2, -0.15) is 0 Å². The van der Waals surface area contributed by atoms with Crippen molar-refractivity contribution in [3.8, 4) is 0 Å². The molecule has 84 valence electrons. The quantitative estimate of drug-likeness (QED) is 0.667. The Bertz CT molecular complexity index is 295. The SMILES string of the molecule is COCC(C)N(C)CC(=O)c1ccco1. The Morgan fingerprint density at radius 2 is 2.40 bits per heavy atom. The Morgan fingerprint density at radius 1 is 1.67 bits per heavy atom. The number of furan rings is 1. The first kappa shape index (κ1) is 11.9. The summed E-state index contributed by atoms with van der Waals surface area (Å²) >= 11 is 0. The Balaban J connectivity index is 2.44. The van der Waals surface area contributed by atoms with E-state index in [9.17, 15) is 4.79 Å². The summed E-state index contributed by atoms with van der Waals surface area (Å²) < 4.78 is 10.0. The molecule has 4 heteroatoms. The molecule has 0 fully saturated rings. The molecule has 1 atom stereocenters. The van der Waals surface area contributed by atoms with Crippen molar-refractivity contribution in [3.05, 3.63) is 24.2 Å². The van der Waals surface area contributed by atoms with Crippen LogP contribution in [0.15, 0.2) is 22.8 Å². The topological polar surface area (TPSA) is 42.7 Å². The van der Waals surface area contributed by atoms with Crippen LogP contribution in [0.25, 0.3) is 0 Å². The molecule has 0 aliphatic carbocycles. The highest BCUT2D eigenvalue weighted by molar-refractivity contribution is 5.94. The lowest BCUT2D eigenvalue weighted by Gasteiger charge is -2.22. The zero-order valence-electron chi connectivity index (χ0n) is 9.40. The number of likely N-dealkylation sites (N-methyl/N-ethyl adjacent to an activating group) is 1. The number of rotatable bonds is 6. The monoisotopic (exact) mass is 211 g/mol. The van der Waals surface area contributed by atoms with Crippen LogP contribution in [-0.4, -0.2) is 44.0 Å². The Hall–Kier alpha value is -1.13. The Labute approximate surface area is 89.8 Å². The molecule has 1 rings (SSSR count). The first-order valence-electron chi connectivity index (χ1n) is 4.91. The minimum Gasteiger partial charge on any atom is -0.461 e. The van der Waals surface area contributed by atoms with Gasteiger partial charge in [-0.25, -0.2) is 0 Å². The fourth-order valence-corrected chi connectivity index (χ4v) is 1.27. The Morgan fingerprint density at radius 3 is 2.93 bits per heavy atom. The number of carbonyl (C=O) groups is 1. The lowest BCUT2D eigenvalue weighted by molar-refractivity contribution is 0.0818. The lowest BCUT2D eigenvalue weighted by atomic mass is 10.2. The summed E-state index contributed by atoms with van der Waals surface area (Å²) in [7, 11) is 3.54. The minimum atomic E-state index is -0.00884. The number of hydrogen-bond acceptors (Lipinski definition) is 4. The zero-order chi connectivity index (χ0) is 11.3. The number of hydrogen-bond donors (Lipinski definition) is 0. The van der Waals surface area contributed by atoms with Crippen molar-refractivity contribution in [2.24, 2.45) is 0 Å². The van der Waals surface area contributed by atoms with Crippen LogP contribution < -0.4 is 0 Å². The van der Waals surface area contributed by atoms with Crippen molar-refractivity contribution in [2.45, 2.75) is 13.0 Å². The second-order valence-electron chi connectivity index (χ2n) is 3.62. The van der Waals surface area contributed by atoms with Gasteiger partial charge in [-0.3, -0.25) is 9.69 Å². The molecule has 1 aromatic heterocycles. The summed E-state index contributed by atoms with van der Waals surface area (Å²) in [5, 5.41) is 0. The molecule has 0 radical (unpaired) electrons. The summed E-state index contributed by atoms with van der Waals surface area (Å²) in [5.41, 5.74) is 0. The van der Waals surface area contributed by atoms with Gasteiger partial charge in [0, 0.05) is 13.2 Å². The number of nitrogens with zero attached hydrogens (tertiary/aromatic N) is 1. The van der Waals surface area contributed by atoms with Crippen molar-refractivity contribution < 1.29 is 13.9 Å². The summed E-state index contributed by atoms with van der Waals surface area (Å²) in [5.74, 6) is 0.400. The Kier molecular flexibility index (Phi) is 4.52. The lowest BCUT2D eigenvalue weighted by Crippen LogP contribution is -2.36. The fourth-order valence-electron chi connectivity index (χ4n) is 1.27. The molecule has 0 amide bonds. The summed E-state index contributed by atoms with van der Waals surface area (Å²) in [6.45, 7) is 2.97. The molecule has 4 nitrogen and oxygen atoms in total. The van der Waals surface area contributed by atoms with Crippen LogP contribution in [0.5, 0.6) is 0 Å². The van der Waals surface area contributed by atoms with Gasteiger partial charge in [-0.05, 0) is 26.1 Å². The van der Waals surface area contributed by atoms with Crippen LogP contribution in [-0.2, 0) is 4.74 Å². The molecule has 0 bridgehead atoms. The van der Waals surface area contributed by atoms with Gasteiger partial charge in [0.25, 0.3) is 0 Å². The fraction of sp³-hybridized carbons (Fsp3) is 0.545. The number of methoxy groups -OCH3 is 1. The van der Waals surface area contributed by atoms with E-state index in [0.717, 1.165) is 0 Å². The van der Waals surface area contributed by atoms with E-state index in [2.05, 4.69) is 0 Å². The molecule has 1 aromatic rings. The average molecular weight is 211 g/mol. The molecule has 15 heavy (non-hydrogen) atoms. The molecule has 0 N–H and O–H groups in total. The molecule has 0 aliphatic rings. The van der Waals surface area contributed by atoms with E-state index in [1.807, 2.05) is 18.9 Å². The normalized spacial score (nSPS) is 13.1. The van der Waals surface area contributed by atoms with Crippen LogP contribution in [0, 0.1) is 0 Å². The van der Waals surface area contributed by atoms with Gasteiger partial charge in [-0.1, -0.05) is 0 Å². The van der Waals surface area contributed by atoms with Crippen molar-refractivity contribution in [2.75, 3.05) is 27.3 Å². The number of Topliss-reactive ketones (excluding diaryl/α,β-unsaturated/α-hetero) is 1. The van der Waals surface area contributed by atoms with Crippen molar-refractivity contribution >= 4 is 5.78 Å². The first-order chi connectivity index (χ1) is 7.15. The van der Waals surface area contributed by atoms with Crippen molar-refractivity contribution in [1.29, 1.82) is 0 Å². The van der Waals surface area contributed by atoms with E-state index < -0.39 is 0 Å². The number of ether oxygens (including phenoxy) is 1. The predicted octanol–water partition coefficient (Wildman–Crippen LogP) is 1.43. The maximum Gasteiger partial charge on any atom is 0.211 e. The highest BCUT2D eigenvalue weighted by Gasteiger charge is 2.15. The van der Waals surface area contributed by atoms with E-state index in [1.165, 1.54) is 6.26 Å². The van der Waals surface area contributed by atoms with E-state index in [4.69, 9.17) is 9.15 Å². The molecule has 0 aromatic carbocycles. The molecule has 1 unspecified atom stereocenters. The molecule has 0 aliphatic heterocycles. The molecule has 0 saturated heterocycles. The van der Waals surface area contributed by atoms with Gasteiger partial charge in [-0.15, -0.1) is 0 Å². The maximum absolute atomic E-state index is 11.6. The van der Waals surface area contributed by atoms with E-state index >= 15 is 0 Å².